The molecule has 0 saturated heterocycles. The Morgan fingerprint density at radius 1 is 1.23 bits per heavy atom. The second-order valence-corrected chi connectivity index (χ2v) is 7.90. The summed E-state index contributed by atoms with van der Waals surface area (Å²) in [4.78, 5) is 13.3. The van der Waals surface area contributed by atoms with Crippen molar-refractivity contribution in [2.24, 2.45) is 17.3 Å². The van der Waals surface area contributed by atoms with Crippen LogP contribution in [0.2, 0.25) is 0 Å². The van der Waals surface area contributed by atoms with Crippen LogP contribution in [0.15, 0.2) is 54.1 Å². The number of benzene rings is 2. The molecule has 0 radical (unpaired) electrons. The number of nitrogens with zero attached hydrogens (tertiary/aromatic N) is 2. The summed E-state index contributed by atoms with van der Waals surface area (Å²) in [6.45, 7) is 1.80. The zero-order valence-electron chi connectivity index (χ0n) is 16.9. The molecule has 0 bridgehead atoms. The molecular formula is C25H23N3O2. The molecule has 2 aromatic rings. The maximum atomic E-state index is 13.3. The van der Waals surface area contributed by atoms with Gasteiger partial charge in [-0.1, -0.05) is 48.5 Å². The molecule has 2 aliphatic carbocycles. The van der Waals surface area contributed by atoms with E-state index in [9.17, 15) is 15.3 Å². The van der Waals surface area contributed by atoms with E-state index in [1.54, 1.807) is 6.92 Å². The minimum absolute atomic E-state index is 0.113. The highest BCUT2D eigenvalue weighted by Crippen LogP contribution is 2.56. The Hall–Kier alpha value is -3.44. The summed E-state index contributed by atoms with van der Waals surface area (Å²) in [6.07, 6.45) is 4.58. The summed E-state index contributed by atoms with van der Waals surface area (Å²) >= 11 is 0. The van der Waals surface area contributed by atoms with E-state index in [2.05, 4.69) is 12.1 Å². The Morgan fingerprint density at radius 2 is 2.00 bits per heavy atom. The molecule has 4 atom stereocenters. The van der Waals surface area contributed by atoms with Gasteiger partial charge >= 0.3 is 5.97 Å². The summed E-state index contributed by atoms with van der Waals surface area (Å²) < 4.78 is 5.35. The molecule has 0 heterocycles. The molecule has 0 amide bonds. The third-order valence-electron chi connectivity index (χ3n) is 6.50. The minimum atomic E-state index is -1.82. The smallest absolute Gasteiger partial charge is 0.333 e. The normalized spacial score (nSPS) is 28.0. The Balaban J connectivity index is 2.05. The molecule has 0 aromatic heterocycles. The van der Waals surface area contributed by atoms with E-state index in [-0.39, 0.29) is 18.2 Å². The predicted octanol–water partition coefficient (Wildman–Crippen LogP) is 4.90. The van der Waals surface area contributed by atoms with E-state index < -0.39 is 23.2 Å². The number of allylic oxidation sites excluding steroid dienone is 2. The predicted molar refractivity (Wildman–Crippen MR) is 114 cm³/mol. The summed E-state index contributed by atoms with van der Waals surface area (Å²) in [7, 11) is 0. The fourth-order valence-corrected chi connectivity index (χ4v) is 5.25. The van der Waals surface area contributed by atoms with Gasteiger partial charge in [0.05, 0.1) is 24.5 Å². The van der Waals surface area contributed by atoms with E-state index in [4.69, 9.17) is 10.1 Å². The van der Waals surface area contributed by atoms with Gasteiger partial charge in [-0.25, -0.2) is 4.79 Å². The first-order valence-electron chi connectivity index (χ1n) is 10.3. The van der Waals surface area contributed by atoms with Crippen molar-refractivity contribution in [3.63, 3.8) is 0 Å². The second-order valence-electron chi connectivity index (χ2n) is 7.90. The number of esters is 1. The molecule has 5 nitrogen and oxygen atoms in total. The number of hydrogen-bond acceptors (Lipinski definition) is 5. The fraction of sp³-hybridized carbons (Fsp3) is 0.360. The molecule has 0 unspecified atom stereocenters. The van der Waals surface area contributed by atoms with Crippen molar-refractivity contribution < 1.29 is 9.53 Å². The van der Waals surface area contributed by atoms with Gasteiger partial charge in [0.1, 0.15) is 5.92 Å². The zero-order chi connectivity index (χ0) is 21.3. The first-order chi connectivity index (χ1) is 14.6. The van der Waals surface area contributed by atoms with Gasteiger partial charge in [-0.15, -0.1) is 0 Å². The molecule has 2 aliphatic rings. The first-order valence-corrected chi connectivity index (χ1v) is 10.3. The monoisotopic (exact) mass is 397 g/mol. The molecule has 5 heteroatoms. The van der Waals surface area contributed by atoms with Gasteiger partial charge in [0.2, 0.25) is 5.41 Å². The molecular weight excluding hydrogens is 374 g/mol. The Morgan fingerprint density at radius 3 is 2.73 bits per heavy atom. The van der Waals surface area contributed by atoms with Crippen LogP contribution in [0.3, 0.4) is 0 Å². The van der Waals surface area contributed by atoms with Crippen molar-refractivity contribution in [3.8, 4) is 12.1 Å². The van der Waals surface area contributed by atoms with E-state index in [0.29, 0.717) is 0 Å². The van der Waals surface area contributed by atoms with Gasteiger partial charge in [-0.2, -0.15) is 10.5 Å². The number of nitriles is 2. The van der Waals surface area contributed by atoms with Crippen molar-refractivity contribution >= 4 is 22.5 Å². The lowest BCUT2D eigenvalue weighted by atomic mass is 9.52. The van der Waals surface area contributed by atoms with Crippen LogP contribution in [0.25, 0.3) is 10.8 Å². The topological polar surface area (TPSA) is 97.7 Å². The summed E-state index contributed by atoms with van der Waals surface area (Å²) in [6, 6.07) is 18.1. The number of ether oxygens (including phenoxy) is 1. The van der Waals surface area contributed by atoms with Crippen molar-refractivity contribution in [1.82, 2.24) is 0 Å². The van der Waals surface area contributed by atoms with Gasteiger partial charge < -0.3 is 10.1 Å². The van der Waals surface area contributed by atoms with Crippen molar-refractivity contribution in [2.75, 3.05) is 6.61 Å². The largest absolute Gasteiger partial charge is 0.464 e. The van der Waals surface area contributed by atoms with Gasteiger partial charge in [-0.05, 0) is 54.0 Å². The van der Waals surface area contributed by atoms with Gasteiger partial charge in [-0.3, -0.25) is 0 Å². The van der Waals surface area contributed by atoms with E-state index in [1.807, 2.05) is 48.5 Å². The van der Waals surface area contributed by atoms with Crippen LogP contribution in [-0.4, -0.2) is 18.3 Å². The number of fused-ring (bicyclic) bond motifs is 2. The number of carbonyl (C=O) groups is 1. The van der Waals surface area contributed by atoms with Crippen LogP contribution < -0.4 is 0 Å². The Labute approximate surface area is 176 Å². The van der Waals surface area contributed by atoms with Crippen LogP contribution >= 0.6 is 0 Å². The maximum absolute atomic E-state index is 13.3. The van der Waals surface area contributed by atoms with Crippen molar-refractivity contribution in [3.05, 3.63) is 59.7 Å². The number of hydrogen-bond donors (Lipinski definition) is 1. The molecule has 30 heavy (non-hydrogen) atoms. The number of nitrogens with one attached hydrogen (secondary N) is 1. The molecule has 0 spiro atoms. The third kappa shape index (κ3) is 2.74. The van der Waals surface area contributed by atoms with Crippen molar-refractivity contribution in [1.29, 1.82) is 15.9 Å². The molecule has 2 aromatic carbocycles. The zero-order valence-corrected chi connectivity index (χ0v) is 16.9. The molecule has 1 N–H and O–H groups in total. The Bertz CT molecular complexity index is 1130. The lowest BCUT2D eigenvalue weighted by Gasteiger charge is -2.47. The Kier molecular flexibility index (Phi) is 5.14. The highest BCUT2D eigenvalue weighted by molar-refractivity contribution is 6.13. The van der Waals surface area contributed by atoms with E-state index in [1.165, 1.54) is 0 Å². The molecule has 150 valence electrons. The average molecular weight is 397 g/mol. The quantitative estimate of drug-likeness (QED) is 0.588. The minimum Gasteiger partial charge on any atom is -0.464 e. The number of rotatable bonds is 3. The highest BCUT2D eigenvalue weighted by Gasteiger charge is 2.61. The average Bonchev–Trinajstić information content (AvgIpc) is 2.78. The van der Waals surface area contributed by atoms with Crippen molar-refractivity contribution in [2.45, 2.75) is 32.1 Å². The van der Waals surface area contributed by atoms with Gasteiger partial charge in [0.25, 0.3) is 0 Å². The fourth-order valence-electron chi connectivity index (χ4n) is 5.25. The second kappa shape index (κ2) is 7.76. The van der Waals surface area contributed by atoms with Crippen LogP contribution in [-0.2, 0) is 9.53 Å². The summed E-state index contributed by atoms with van der Waals surface area (Å²) in [5.41, 5.74) is -0.239. The lowest BCUT2D eigenvalue weighted by Crippen LogP contribution is -2.54. The molecule has 1 saturated carbocycles. The highest BCUT2D eigenvalue weighted by atomic mass is 16.5. The van der Waals surface area contributed by atoms with Crippen LogP contribution in [0, 0.1) is 45.3 Å². The molecule has 1 fully saturated rings. The van der Waals surface area contributed by atoms with Gasteiger partial charge in [0, 0.05) is 5.92 Å². The summed E-state index contributed by atoms with van der Waals surface area (Å²) in [5.74, 6) is -2.32. The van der Waals surface area contributed by atoms with Gasteiger partial charge in [0.15, 0.2) is 0 Å². The molecule has 4 rings (SSSR count). The maximum Gasteiger partial charge on any atom is 0.333 e. The van der Waals surface area contributed by atoms with Crippen LogP contribution in [0.1, 0.15) is 37.7 Å². The third-order valence-corrected chi connectivity index (χ3v) is 6.50. The number of carbonyl (C=O) groups excluding carboxylic acids is 1. The molecule has 0 aliphatic heterocycles. The van der Waals surface area contributed by atoms with E-state index >= 15 is 0 Å². The first kappa shape index (κ1) is 19.9. The van der Waals surface area contributed by atoms with E-state index in [0.717, 1.165) is 41.2 Å². The SMILES string of the molecule is CCOC(=O)[C@]1(C#N)C(=N)[C@@H](C#N)C2=CCCC[C@H]2[C@H]1c1cccc2ccccc12. The lowest BCUT2D eigenvalue weighted by molar-refractivity contribution is -0.150. The summed E-state index contributed by atoms with van der Waals surface area (Å²) in [5, 5.41) is 31.1. The van der Waals surface area contributed by atoms with Crippen LogP contribution in [0.5, 0.6) is 0 Å². The van der Waals surface area contributed by atoms with Crippen LogP contribution in [0.4, 0.5) is 0 Å². The standard InChI is InChI=1S/C25H23N3O2/c1-2-30-24(29)25(15-27)22(19-13-7-9-16-8-3-4-10-17(16)19)20-12-6-5-11-18(20)21(14-26)23(25)28/h3-4,7-11,13,20-22,28H,2,5-6,12H2,1H3/t20-,21+,22-,25+/m1/s1.